The molecule has 1 amide bonds. The lowest BCUT2D eigenvalue weighted by Crippen LogP contribution is -2.51. The van der Waals surface area contributed by atoms with E-state index in [1.807, 2.05) is 6.07 Å². The van der Waals surface area contributed by atoms with Gasteiger partial charge in [0.15, 0.2) is 11.5 Å². The van der Waals surface area contributed by atoms with E-state index in [9.17, 15) is 4.79 Å². The molecule has 3 atom stereocenters. The predicted octanol–water partition coefficient (Wildman–Crippen LogP) is 2.50. The zero-order valence-corrected chi connectivity index (χ0v) is 13.9. The smallest absolute Gasteiger partial charge is 0.231 e. The summed E-state index contributed by atoms with van der Waals surface area (Å²) in [6, 6.07) is 6.11. The van der Waals surface area contributed by atoms with Crippen LogP contribution in [0.1, 0.15) is 25.7 Å². The number of benzene rings is 1. The van der Waals surface area contributed by atoms with E-state index >= 15 is 0 Å². The summed E-state index contributed by atoms with van der Waals surface area (Å²) >= 11 is 0. The lowest BCUT2D eigenvalue weighted by atomic mass is 9.87. The molecule has 0 radical (unpaired) electrons. The topological polar surface area (TPSA) is 42.0 Å². The standard InChI is InChI=1S/C19H24N2O3/c22-19(16-10-13-1-2-14(16)9-13)21-7-5-20(6-8-21)15-3-4-17-18(11-15)24-12-23-17/h3-4,11,13-14,16H,1-2,5-10,12H2/t13-,14+,16+/m1/s1. The van der Waals surface area contributed by atoms with E-state index in [4.69, 9.17) is 9.47 Å². The quantitative estimate of drug-likeness (QED) is 0.836. The van der Waals surface area contributed by atoms with Gasteiger partial charge in [-0.25, -0.2) is 0 Å². The molecule has 2 aliphatic heterocycles. The number of ether oxygens (including phenoxy) is 2. The summed E-state index contributed by atoms with van der Waals surface area (Å²) in [5.74, 6) is 3.90. The fourth-order valence-corrected chi connectivity index (χ4v) is 5.05. The van der Waals surface area contributed by atoms with Crippen molar-refractivity contribution in [3.05, 3.63) is 18.2 Å². The van der Waals surface area contributed by atoms with Crippen LogP contribution in [-0.4, -0.2) is 43.8 Å². The van der Waals surface area contributed by atoms with Crippen molar-refractivity contribution in [1.82, 2.24) is 4.90 Å². The van der Waals surface area contributed by atoms with E-state index in [2.05, 4.69) is 21.9 Å². The number of carbonyl (C=O) groups is 1. The number of nitrogens with zero attached hydrogens (tertiary/aromatic N) is 2. The molecule has 5 heteroatoms. The Labute approximate surface area is 142 Å². The maximum Gasteiger partial charge on any atom is 0.231 e. The maximum atomic E-state index is 12.9. The van der Waals surface area contributed by atoms with E-state index in [1.165, 1.54) is 19.3 Å². The molecule has 1 aromatic carbocycles. The van der Waals surface area contributed by atoms with Crippen molar-refractivity contribution in [2.45, 2.75) is 25.7 Å². The van der Waals surface area contributed by atoms with Gasteiger partial charge < -0.3 is 19.3 Å². The van der Waals surface area contributed by atoms with Crippen molar-refractivity contribution in [3.63, 3.8) is 0 Å². The highest BCUT2D eigenvalue weighted by atomic mass is 16.7. The van der Waals surface area contributed by atoms with Crippen molar-refractivity contribution in [1.29, 1.82) is 0 Å². The van der Waals surface area contributed by atoms with Gasteiger partial charge in [0.2, 0.25) is 12.7 Å². The van der Waals surface area contributed by atoms with Crippen LogP contribution in [0, 0.1) is 17.8 Å². The molecule has 3 fully saturated rings. The van der Waals surface area contributed by atoms with Crippen molar-refractivity contribution < 1.29 is 14.3 Å². The SMILES string of the molecule is O=C([C@H]1C[C@@H]2CC[C@H]1C2)N1CCN(c2ccc3c(c2)OCO3)CC1. The second kappa shape index (κ2) is 5.57. The molecular weight excluding hydrogens is 304 g/mol. The van der Waals surface area contributed by atoms with Gasteiger partial charge in [0.05, 0.1) is 0 Å². The molecule has 5 nitrogen and oxygen atoms in total. The lowest BCUT2D eigenvalue weighted by Gasteiger charge is -2.38. The van der Waals surface area contributed by atoms with Crippen LogP contribution in [0.15, 0.2) is 18.2 Å². The fraction of sp³-hybridized carbons (Fsp3) is 0.632. The molecule has 2 aliphatic carbocycles. The van der Waals surface area contributed by atoms with Crippen molar-refractivity contribution in [2.24, 2.45) is 17.8 Å². The normalized spacial score (nSPS) is 30.9. The van der Waals surface area contributed by atoms with E-state index in [0.29, 0.717) is 24.5 Å². The third-order valence-corrected chi connectivity index (χ3v) is 6.37. The Morgan fingerprint density at radius 1 is 1.00 bits per heavy atom. The van der Waals surface area contributed by atoms with Gasteiger partial charge in [-0.1, -0.05) is 6.42 Å². The minimum absolute atomic E-state index is 0.310. The second-order valence-corrected chi connectivity index (χ2v) is 7.63. The molecule has 2 heterocycles. The summed E-state index contributed by atoms with van der Waals surface area (Å²) in [4.78, 5) is 17.3. The summed E-state index contributed by atoms with van der Waals surface area (Å²) in [6.07, 6.45) is 5.07. The molecule has 0 unspecified atom stereocenters. The summed E-state index contributed by atoms with van der Waals surface area (Å²) in [7, 11) is 0. The number of anilines is 1. The van der Waals surface area contributed by atoms with Crippen LogP contribution in [0.4, 0.5) is 5.69 Å². The summed E-state index contributed by atoms with van der Waals surface area (Å²) in [5.41, 5.74) is 1.16. The highest BCUT2D eigenvalue weighted by Crippen LogP contribution is 2.49. The van der Waals surface area contributed by atoms with Gasteiger partial charge in [-0.05, 0) is 43.2 Å². The first-order valence-electron chi connectivity index (χ1n) is 9.21. The van der Waals surface area contributed by atoms with Crippen LogP contribution in [-0.2, 0) is 4.79 Å². The van der Waals surface area contributed by atoms with Gasteiger partial charge in [-0.3, -0.25) is 4.79 Å². The Bertz CT molecular complexity index is 654. The van der Waals surface area contributed by atoms with Crippen molar-refractivity contribution >= 4 is 11.6 Å². The molecule has 24 heavy (non-hydrogen) atoms. The Balaban J connectivity index is 1.22. The first kappa shape index (κ1) is 14.4. The average molecular weight is 328 g/mol. The van der Waals surface area contributed by atoms with Gasteiger partial charge in [0, 0.05) is 43.9 Å². The molecule has 0 N–H and O–H groups in total. The molecule has 5 rings (SSSR count). The van der Waals surface area contributed by atoms with Crippen LogP contribution in [0.2, 0.25) is 0 Å². The van der Waals surface area contributed by atoms with Gasteiger partial charge >= 0.3 is 0 Å². The largest absolute Gasteiger partial charge is 0.454 e. The molecular formula is C19H24N2O3. The van der Waals surface area contributed by atoms with Crippen LogP contribution in [0.5, 0.6) is 11.5 Å². The Hall–Kier alpha value is -1.91. The monoisotopic (exact) mass is 328 g/mol. The molecule has 128 valence electrons. The van der Waals surface area contributed by atoms with Crippen LogP contribution >= 0.6 is 0 Å². The number of fused-ring (bicyclic) bond motifs is 3. The van der Waals surface area contributed by atoms with E-state index in [-0.39, 0.29) is 0 Å². The Kier molecular flexibility index (Phi) is 3.35. The van der Waals surface area contributed by atoms with Gasteiger partial charge in [0.1, 0.15) is 0 Å². The number of hydrogen-bond donors (Lipinski definition) is 0. The lowest BCUT2D eigenvalue weighted by molar-refractivity contribution is -0.137. The average Bonchev–Trinajstić information content (AvgIpc) is 3.36. The van der Waals surface area contributed by atoms with E-state index in [0.717, 1.165) is 55.7 Å². The number of hydrogen-bond acceptors (Lipinski definition) is 4. The zero-order chi connectivity index (χ0) is 16.1. The molecule has 0 aromatic heterocycles. The summed E-state index contributed by atoms with van der Waals surface area (Å²) in [5, 5.41) is 0. The summed E-state index contributed by atoms with van der Waals surface area (Å²) < 4.78 is 10.8. The minimum Gasteiger partial charge on any atom is -0.454 e. The third kappa shape index (κ3) is 2.33. The first-order chi connectivity index (χ1) is 11.8. The molecule has 2 bridgehead atoms. The zero-order valence-electron chi connectivity index (χ0n) is 13.9. The van der Waals surface area contributed by atoms with Gasteiger partial charge in [-0.2, -0.15) is 0 Å². The van der Waals surface area contributed by atoms with E-state index in [1.54, 1.807) is 0 Å². The van der Waals surface area contributed by atoms with Crippen molar-refractivity contribution in [2.75, 3.05) is 37.9 Å². The third-order valence-electron chi connectivity index (χ3n) is 6.37. The van der Waals surface area contributed by atoms with Crippen LogP contribution < -0.4 is 14.4 Å². The number of amides is 1. The maximum absolute atomic E-state index is 12.9. The summed E-state index contributed by atoms with van der Waals surface area (Å²) in [6.45, 7) is 3.77. The Morgan fingerprint density at radius 2 is 1.83 bits per heavy atom. The molecule has 1 saturated heterocycles. The molecule has 4 aliphatic rings. The molecule has 0 spiro atoms. The van der Waals surface area contributed by atoms with Gasteiger partial charge in [-0.15, -0.1) is 0 Å². The number of piperazine rings is 1. The first-order valence-corrected chi connectivity index (χ1v) is 9.21. The highest BCUT2D eigenvalue weighted by molar-refractivity contribution is 5.80. The Morgan fingerprint density at radius 3 is 2.58 bits per heavy atom. The second-order valence-electron chi connectivity index (χ2n) is 7.63. The van der Waals surface area contributed by atoms with Gasteiger partial charge in [0.25, 0.3) is 0 Å². The molecule has 1 aromatic rings. The van der Waals surface area contributed by atoms with E-state index < -0.39 is 0 Å². The number of carbonyl (C=O) groups excluding carboxylic acids is 1. The predicted molar refractivity (Wildman–Crippen MR) is 90.3 cm³/mol. The minimum atomic E-state index is 0.310. The molecule has 2 saturated carbocycles. The van der Waals surface area contributed by atoms with Crippen LogP contribution in [0.3, 0.4) is 0 Å². The van der Waals surface area contributed by atoms with Crippen molar-refractivity contribution in [3.8, 4) is 11.5 Å². The fourth-order valence-electron chi connectivity index (χ4n) is 5.05. The highest BCUT2D eigenvalue weighted by Gasteiger charge is 2.44. The van der Waals surface area contributed by atoms with Crippen LogP contribution in [0.25, 0.3) is 0 Å². The number of rotatable bonds is 2.